The first-order chi connectivity index (χ1) is 5.33. The van der Waals surface area contributed by atoms with Gasteiger partial charge >= 0.3 is 0 Å². The lowest BCUT2D eigenvalue weighted by atomic mass is 10.2. The van der Waals surface area contributed by atoms with Crippen LogP contribution in [0.15, 0.2) is 4.99 Å². The van der Waals surface area contributed by atoms with Crippen molar-refractivity contribution in [1.82, 2.24) is 4.90 Å². The van der Waals surface area contributed by atoms with Crippen LogP contribution in [-0.2, 0) is 0 Å². The van der Waals surface area contributed by atoms with E-state index in [1.165, 1.54) is 19.3 Å². The maximum atomic E-state index is 5.76. The Kier molecular flexibility index (Phi) is 1.51. The summed E-state index contributed by atoms with van der Waals surface area (Å²) >= 11 is 0. The summed E-state index contributed by atoms with van der Waals surface area (Å²) in [5, 5.41) is 0. The van der Waals surface area contributed by atoms with E-state index in [9.17, 15) is 0 Å². The van der Waals surface area contributed by atoms with Crippen molar-refractivity contribution >= 4 is 5.96 Å². The molecule has 0 aromatic rings. The molecule has 0 bridgehead atoms. The quantitative estimate of drug-likeness (QED) is 0.629. The molecule has 3 nitrogen and oxygen atoms in total. The Morgan fingerprint density at radius 1 is 1.64 bits per heavy atom. The Hall–Kier alpha value is -0.730. The molecule has 11 heavy (non-hydrogen) atoms. The van der Waals surface area contributed by atoms with Gasteiger partial charge in [0.2, 0.25) is 0 Å². The molecule has 1 fully saturated rings. The second-order valence-corrected chi connectivity index (χ2v) is 3.40. The van der Waals surface area contributed by atoms with Crippen molar-refractivity contribution in [3.8, 4) is 0 Å². The molecular weight excluding hydrogens is 138 g/mol. The lowest BCUT2D eigenvalue weighted by Crippen LogP contribution is -2.41. The van der Waals surface area contributed by atoms with Gasteiger partial charge in [0.25, 0.3) is 0 Å². The zero-order valence-corrected chi connectivity index (χ0v) is 6.95. The fourth-order valence-corrected chi connectivity index (χ4v) is 1.72. The van der Waals surface area contributed by atoms with E-state index in [1.807, 2.05) is 0 Å². The van der Waals surface area contributed by atoms with Gasteiger partial charge in [0.1, 0.15) is 0 Å². The summed E-state index contributed by atoms with van der Waals surface area (Å²) in [6.45, 7) is 3.12. The topological polar surface area (TPSA) is 41.6 Å². The number of rotatable bonds is 2. The molecule has 1 heterocycles. The normalized spacial score (nSPS) is 30.8. The minimum absolute atomic E-state index is 0.600. The van der Waals surface area contributed by atoms with Crippen molar-refractivity contribution < 1.29 is 0 Å². The zero-order chi connectivity index (χ0) is 7.84. The van der Waals surface area contributed by atoms with Gasteiger partial charge in [0.05, 0.1) is 12.6 Å². The van der Waals surface area contributed by atoms with Crippen LogP contribution in [0.3, 0.4) is 0 Å². The van der Waals surface area contributed by atoms with Crippen LogP contribution in [-0.4, -0.2) is 29.5 Å². The number of nitrogens with two attached hydrogens (primary N) is 1. The van der Waals surface area contributed by atoms with Gasteiger partial charge in [-0.2, -0.15) is 0 Å². The summed E-state index contributed by atoms with van der Waals surface area (Å²) in [4.78, 5) is 6.56. The first-order valence-electron chi connectivity index (χ1n) is 4.41. The van der Waals surface area contributed by atoms with E-state index in [1.54, 1.807) is 0 Å². The van der Waals surface area contributed by atoms with Crippen molar-refractivity contribution in [3.63, 3.8) is 0 Å². The largest absolute Gasteiger partial charge is 0.370 e. The SMILES string of the molecule is CCC1CN=C(N)N1C1CC1. The van der Waals surface area contributed by atoms with Crippen molar-refractivity contribution in [1.29, 1.82) is 0 Å². The Bertz CT molecular complexity index is 184. The van der Waals surface area contributed by atoms with Crippen LogP contribution in [0, 0.1) is 0 Å². The molecule has 3 heteroatoms. The Morgan fingerprint density at radius 2 is 2.36 bits per heavy atom. The average Bonchev–Trinajstić information content (AvgIpc) is 2.76. The molecule has 0 radical (unpaired) electrons. The van der Waals surface area contributed by atoms with E-state index < -0.39 is 0 Å². The third kappa shape index (κ3) is 1.08. The summed E-state index contributed by atoms with van der Waals surface area (Å²) in [5.41, 5.74) is 5.76. The minimum atomic E-state index is 0.600. The second-order valence-electron chi connectivity index (χ2n) is 3.40. The highest BCUT2D eigenvalue weighted by atomic mass is 15.4. The predicted molar refractivity (Wildman–Crippen MR) is 45.4 cm³/mol. The molecule has 2 rings (SSSR count). The van der Waals surface area contributed by atoms with E-state index in [0.29, 0.717) is 6.04 Å². The lowest BCUT2D eigenvalue weighted by molar-refractivity contribution is 0.323. The van der Waals surface area contributed by atoms with Crippen molar-refractivity contribution in [2.45, 2.75) is 38.3 Å². The third-order valence-corrected chi connectivity index (χ3v) is 2.53. The molecule has 0 aromatic heterocycles. The minimum Gasteiger partial charge on any atom is -0.370 e. The van der Waals surface area contributed by atoms with E-state index in [-0.39, 0.29) is 0 Å². The Labute approximate surface area is 67.3 Å². The van der Waals surface area contributed by atoms with E-state index in [2.05, 4.69) is 16.8 Å². The van der Waals surface area contributed by atoms with Gasteiger partial charge in [-0.3, -0.25) is 4.99 Å². The monoisotopic (exact) mass is 153 g/mol. The van der Waals surface area contributed by atoms with Gasteiger partial charge in [-0.15, -0.1) is 0 Å². The zero-order valence-electron chi connectivity index (χ0n) is 6.95. The van der Waals surface area contributed by atoms with Gasteiger partial charge in [0, 0.05) is 6.04 Å². The van der Waals surface area contributed by atoms with Crippen LogP contribution in [0.5, 0.6) is 0 Å². The molecule has 0 amide bonds. The standard InChI is InChI=1S/C8H15N3/c1-2-6-5-10-8(9)11(6)7-3-4-7/h6-7H,2-5H2,1H3,(H2,9,10). The van der Waals surface area contributed by atoms with Gasteiger partial charge in [-0.1, -0.05) is 6.92 Å². The molecule has 0 saturated heterocycles. The number of guanidine groups is 1. The summed E-state index contributed by atoms with van der Waals surface area (Å²) in [6, 6.07) is 1.33. The third-order valence-electron chi connectivity index (χ3n) is 2.53. The molecule has 1 atom stereocenters. The molecule has 0 spiro atoms. The highest BCUT2D eigenvalue weighted by molar-refractivity contribution is 5.80. The Morgan fingerprint density at radius 3 is 2.91 bits per heavy atom. The molecule has 1 aliphatic carbocycles. The second kappa shape index (κ2) is 2.40. The molecule has 1 unspecified atom stereocenters. The summed E-state index contributed by atoms with van der Waals surface area (Å²) in [6.07, 6.45) is 3.79. The van der Waals surface area contributed by atoms with Crippen molar-refractivity contribution in [3.05, 3.63) is 0 Å². The smallest absolute Gasteiger partial charge is 0.191 e. The van der Waals surface area contributed by atoms with Crippen LogP contribution in [0.2, 0.25) is 0 Å². The van der Waals surface area contributed by atoms with Crippen LogP contribution < -0.4 is 5.73 Å². The highest BCUT2D eigenvalue weighted by Crippen LogP contribution is 2.31. The van der Waals surface area contributed by atoms with Gasteiger partial charge in [-0.05, 0) is 19.3 Å². The summed E-state index contributed by atoms with van der Waals surface area (Å²) in [5.74, 6) is 0.777. The lowest BCUT2D eigenvalue weighted by Gasteiger charge is -2.24. The van der Waals surface area contributed by atoms with Crippen LogP contribution in [0.25, 0.3) is 0 Å². The Balaban J connectivity index is 2.06. The number of aliphatic imine (C=N–C) groups is 1. The predicted octanol–water partition coefficient (Wildman–Crippen LogP) is 0.558. The first-order valence-corrected chi connectivity index (χ1v) is 4.41. The number of nitrogens with zero attached hydrogens (tertiary/aromatic N) is 2. The van der Waals surface area contributed by atoms with E-state index in [4.69, 9.17) is 5.73 Å². The molecule has 2 aliphatic rings. The van der Waals surface area contributed by atoms with Crippen LogP contribution in [0.1, 0.15) is 26.2 Å². The molecule has 1 saturated carbocycles. The van der Waals surface area contributed by atoms with E-state index in [0.717, 1.165) is 18.5 Å². The summed E-state index contributed by atoms with van der Waals surface area (Å²) < 4.78 is 0. The maximum Gasteiger partial charge on any atom is 0.191 e. The molecule has 1 aliphatic heterocycles. The fraction of sp³-hybridized carbons (Fsp3) is 0.875. The summed E-state index contributed by atoms with van der Waals surface area (Å²) in [7, 11) is 0. The highest BCUT2D eigenvalue weighted by Gasteiger charge is 2.37. The molecular formula is C8H15N3. The van der Waals surface area contributed by atoms with Gasteiger partial charge in [0.15, 0.2) is 5.96 Å². The number of hydrogen-bond acceptors (Lipinski definition) is 3. The first kappa shape index (κ1) is 6.95. The fourth-order valence-electron chi connectivity index (χ4n) is 1.72. The molecule has 0 aromatic carbocycles. The van der Waals surface area contributed by atoms with Crippen LogP contribution in [0.4, 0.5) is 0 Å². The van der Waals surface area contributed by atoms with Gasteiger partial charge < -0.3 is 10.6 Å². The number of hydrogen-bond donors (Lipinski definition) is 1. The van der Waals surface area contributed by atoms with Crippen LogP contribution >= 0.6 is 0 Å². The van der Waals surface area contributed by atoms with E-state index >= 15 is 0 Å². The molecule has 2 N–H and O–H groups in total. The average molecular weight is 153 g/mol. The van der Waals surface area contributed by atoms with Crippen molar-refractivity contribution in [2.75, 3.05) is 6.54 Å². The van der Waals surface area contributed by atoms with Crippen molar-refractivity contribution in [2.24, 2.45) is 10.7 Å². The molecule has 62 valence electrons. The maximum absolute atomic E-state index is 5.76. The van der Waals surface area contributed by atoms with Gasteiger partial charge in [-0.25, -0.2) is 0 Å².